The standard InChI is InChI=1S/C16H23N3O2/c1-11(8-12-4-2-3-7-17-12)18-13-5-6-15-14(9-13)19-16(20)10-21-15/h5-6,9,11-12,17-18H,2-4,7-8,10H2,1H3,(H,19,20). The zero-order valence-corrected chi connectivity index (χ0v) is 12.4. The zero-order valence-electron chi connectivity index (χ0n) is 12.4. The molecule has 1 aromatic rings. The fraction of sp³-hybridized carbons (Fsp3) is 0.562. The summed E-state index contributed by atoms with van der Waals surface area (Å²) in [7, 11) is 0. The number of carbonyl (C=O) groups is 1. The van der Waals surface area contributed by atoms with Crippen molar-refractivity contribution in [2.45, 2.75) is 44.7 Å². The van der Waals surface area contributed by atoms with Crippen LogP contribution in [-0.4, -0.2) is 31.1 Å². The number of ether oxygens (including phenoxy) is 1. The lowest BCUT2D eigenvalue weighted by molar-refractivity contribution is -0.118. The molecule has 1 saturated heterocycles. The van der Waals surface area contributed by atoms with Gasteiger partial charge in [0.05, 0.1) is 5.69 Å². The Kier molecular flexibility index (Phi) is 4.29. The van der Waals surface area contributed by atoms with Gasteiger partial charge in [0.15, 0.2) is 6.61 Å². The number of anilines is 2. The molecule has 3 rings (SSSR count). The second-order valence-corrected chi connectivity index (χ2v) is 5.98. The summed E-state index contributed by atoms with van der Waals surface area (Å²) in [5.41, 5.74) is 1.77. The highest BCUT2D eigenvalue weighted by atomic mass is 16.5. The molecule has 1 fully saturated rings. The summed E-state index contributed by atoms with van der Waals surface area (Å²) in [5, 5.41) is 9.92. The van der Waals surface area contributed by atoms with Crippen molar-refractivity contribution in [2.75, 3.05) is 23.8 Å². The molecule has 2 aliphatic rings. The third kappa shape index (κ3) is 3.67. The molecule has 1 amide bonds. The molecule has 1 aromatic carbocycles. The maximum atomic E-state index is 11.4. The van der Waals surface area contributed by atoms with Gasteiger partial charge in [0.2, 0.25) is 0 Å². The highest BCUT2D eigenvalue weighted by Crippen LogP contribution is 2.30. The number of fused-ring (bicyclic) bond motifs is 1. The van der Waals surface area contributed by atoms with Crippen LogP contribution >= 0.6 is 0 Å². The van der Waals surface area contributed by atoms with E-state index in [4.69, 9.17) is 4.74 Å². The van der Waals surface area contributed by atoms with Crippen molar-refractivity contribution >= 4 is 17.3 Å². The van der Waals surface area contributed by atoms with Gasteiger partial charge in [-0.3, -0.25) is 4.79 Å². The molecule has 0 spiro atoms. The Bertz CT molecular complexity index is 512. The van der Waals surface area contributed by atoms with Crippen LogP contribution in [0, 0.1) is 0 Å². The maximum Gasteiger partial charge on any atom is 0.262 e. The Morgan fingerprint density at radius 2 is 2.33 bits per heavy atom. The lowest BCUT2D eigenvalue weighted by Crippen LogP contribution is -2.37. The van der Waals surface area contributed by atoms with Crippen molar-refractivity contribution in [3.05, 3.63) is 18.2 Å². The molecule has 114 valence electrons. The van der Waals surface area contributed by atoms with Crippen LogP contribution in [0.4, 0.5) is 11.4 Å². The normalized spacial score (nSPS) is 22.7. The molecule has 0 bridgehead atoms. The fourth-order valence-corrected chi connectivity index (χ4v) is 3.07. The zero-order chi connectivity index (χ0) is 14.7. The molecule has 0 aromatic heterocycles. The average Bonchev–Trinajstić information content (AvgIpc) is 2.47. The van der Waals surface area contributed by atoms with E-state index in [1.807, 2.05) is 18.2 Å². The predicted molar refractivity (Wildman–Crippen MR) is 83.9 cm³/mol. The van der Waals surface area contributed by atoms with Crippen molar-refractivity contribution < 1.29 is 9.53 Å². The monoisotopic (exact) mass is 289 g/mol. The van der Waals surface area contributed by atoms with Crippen LogP contribution in [0.3, 0.4) is 0 Å². The van der Waals surface area contributed by atoms with Gasteiger partial charge in [-0.25, -0.2) is 0 Å². The summed E-state index contributed by atoms with van der Waals surface area (Å²) in [6.45, 7) is 3.44. The van der Waals surface area contributed by atoms with Crippen LogP contribution in [0.25, 0.3) is 0 Å². The quantitative estimate of drug-likeness (QED) is 0.796. The largest absolute Gasteiger partial charge is 0.482 e. The van der Waals surface area contributed by atoms with E-state index in [9.17, 15) is 4.79 Å². The van der Waals surface area contributed by atoms with Gasteiger partial charge in [0, 0.05) is 17.8 Å². The molecular weight excluding hydrogens is 266 g/mol. The van der Waals surface area contributed by atoms with Crippen LogP contribution in [-0.2, 0) is 4.79 Å². The minimum atomic E-state index is -0.0981. The number of benzene rings is 1. The van der Waals surface area contributed by atoms with Crippen molar-refractivity contribution in [3.63, 3.8) is 0 Å². The fourth-order valence-electron chi connectivity index (χ4n) is 3.07. The summed E-state index contributed by atoms with van der Waals surface area (Å²) in [5.74, 6) is 0.640. The van der Waals surface area contributed by atoms with E-state index in [1.54, 1.807) is 0 Å². The van der Waals surface area contributed by atoms with Crippen LogP contribution in [0.2, 0.25) is 0 Å². The molecular formula is C16H23N3O2. The van der Waals surface area contributed by atoms with Gasteiger partial charge < -0.3 is 20.7 Å². The van der Waals surface area contributed by atoms with E-state index in [-0.39, 0.29) is 12.5 Å². The minimum absolute atomic E-state index is 0.0981. The highest BCUT2D eigenvalue weighted by Gasteiger charge is 2.18. The molecule has 2 unspecified atom stereocenters. The van der Waals surface area contributed by atoms with Crippen molar-refractivity contribution in [3.8, 4) is 5.75 Å². The first-order valence-corrected chi connectivity index (χ1v) is 7.77. The Labute approximate surface area is 125 Å². The molecule has 2 heterocycles. The summed E-state index contributed by atoms with van der Waals surface area (Å²) < 4.78 is 5.37. The molecule has 21 heavy (non-hydrogen) atoms. The summed E-state index contributed by atoms with van der Waals surface area (Å²) in [4.78, 5) is 11.4. The van der Waals surface area contributed by atoms with E-state index >= 15 is 0 Å². The molecule has 0 aliphatic carbocycles. The number of hydrogen-bond acceptors (Lipinski definition) is 4. The minimum Gasteiger partial charge on any atom is -0.482 e. The Morgan fingerprint density at radius 1 is 1.43 bits per heavy atom. The average molecular weight is 289 g/mol. The summed E-state index contributed by atoms with van der Waals surface area (Å²) >= 11 is 0. The number of nitrogens with one attached hydrogen (secondary N) is 3. The number of amides is 1. The molecule has 0 radical (unpaired) electrons. The lowest BCUT2D eigenvalue weighted by Gasteiger charge is -2.27. The second kappa shape index (κ2) is 6.35. The lowest BCUT2D eigenvalue weighted by atomic mass is 9.98. The first-order valence-electron chi connectivity index (χ1n) is 7.77. The van der Waals surface area contributed by atoms with E-state index in [2.05, 4.69) is 22.9 Å². The Morgan fingerprint density at radius 3 is 3.14 bits per heavy atom. The van der Waals surface area contributed by atoms with Crippen molar-refractivity contribution in [2.24, 2.45) is 0 Å². The molecule has 3 N–H and O–H groups in total. The van der Waals surface area contributed by atoms with Crippen LogP contribution in [0.1, 0.15) is 32.6 Å². The van der Waals surface area contributed by atoms with Gasteiger partial charge in [-0.05, 0) is 50.9 Å². The first-order chi connectivity index (χ1) is 10.2. The summed E-state index contributed by atoms with van der Waals surface area (Å²) in [6, 6.07) is 6.85. The maximum absolute atomic E-state index is 11.4. The first kappa shape index (κ1) is 14.2. The Hall–Kier alpha value is -1.75. The third-order valence-corrected chi connectivity index (χ3v) is 4.08. The van der Waals surface area contributed by atoms with Gasteiger partial charge in [0.1, 0.15) is 5.75 Å². The van der Waals surface area contributed by atoms with Crippen LogP contribution < -0.4 is 20.7 Å². The predicted octanol–water partition coefficient (Wildman–Crippen LogP) is 2.35. The smallest absolute Gasteiger partial charge is 0.262 e. The third-order valence-electron chi connectivity index (χ3n) is 4.08. The highest BCUT2D eigenvalue weighted by molar-refractivity contribution is 5.96. The van der Waals surface area contributed by atoms with Gasteiger partial charge in [-0.15, -0.1) is 0 Å². The molecule has 5 heteroatoms. The number of rotatable bonds is 4. The van der Waals surface area contributed by atoms with Gasteiger partial charge in [-0.1, -0.05) is 6.42 Å². The van der Waals surface area contributed by atoms with Gasteiger partial charge in [0.25, 0.3) is 5.91 Å². The van der Waals surface area contributed by atoms with E-state index in [1.165, 1.54) is 19.3 Å². The Balaban J connectivity index is 1.59. The van der Waals surface area contributed by atoms with Crippen molar-refractivity contribution in [1.82, 2.24) is 5.32 Å². The van der Waals surface area contributed by atoms with Crippen LogP contribution in [0.15, 0.2) is 18.2 Å². The second-order valence-electron chi connectivity index (χ2n) is 5.98. The topological polar surface area (TPSA) is 62.4 Å². The molecule has 5 nitrogen and oxygen atoms in total. The van der Waals surface area contributed by atoms with E-state index < -0.39 is 0 Å². The molecule has 2 atom stereocenters. The SMILES string of the molecule is CC(CC1CCCCN1)Nc1ccc2c(c1)NC(=O)CO2. The van der Waals surface area contributed by atoms with Crippen LogP contribution in [0.5, 0.6) is 5.75 Å². The van der Waals surface area contributed by atoms with Gasteiger partial charge in [-0.2, -0.15) is 0 Å². The molecule has 2 aliphatic heterocycles. The van der Waals surface area contributed by atoms with E-state index in [0.717, 1.165) is 30.1 Å². The molecule has 0 saturated carbocycles. The van der Waals surface area contributed by atoms with Gasteiger partial charge >= 0.3 is 0 Å². The number of hydrogen-bond donors (Lipinski definition) is 3. The summed E-state index contributed by atoms with van der Waals surface area (Å²) in [6.07, 6.45) is 5.00. The number of piperidine rings is 1. The van der Waals surface area contributed by atoms with Crippen molar-refractivity contribution in [1.29, 1.82) is 0 Å². The van der Waals surface area contributed by atoms with E-state index in [0.29, 0.717) is 12.1 Å². The number of carbonyl (C=O) groups excluding carboxylic acids is 1.